The third-order valence-electron chi connectivity index (χ3n) is 2.14. The normalized spacial score (nSPS) is 21.2. The SMILES string of the molecule is COP(=S)(OC)N1CCCCC1. The van der Waals surface area contributed by atoms with Gasteiger partial charge < -0.3 is 9.05 Å². The Bertz CT molecular complexity index is 174. The van der Waals surface area contributed by atoms with Gasteiger partial charge >= 0.3 is 0 Å². The van der Waals surface area contributed by atoms with E-state index in [0.29, 0.717) is 0 Å². The average Bonchev–Trinajstić information content (AvgIpc) is 2.18. The van der Waals surface area contributed by atoms with Crippen molar-refractivity contribution in [1.82, 2.24) is 4.67 Å². The molecule has 0 N–H and O–H groups in total. The zero-order valence-corrected chi connectivity index (χ0v) is 9.37. The molecule has 1 rings (SSSR count). The molecule has 1 saturated heterocycles. The Hall–Kier alpha value is 0.530. The number of rotatable bonds is 3. The van der Waals surface area contributed by atoms with Gasteiger partial charge in [-0.2, -0.15) is 0 Å². The quantitative estimate of drug-likeness (QED) is 0.663. The monoisotopic (exact) mass is 209 g/mol. The Labute approximate surface area is 79.3 Å². The van der Waals surface area contributed by atoms with Crippen molar-refractivity contribution in [3.05, 3.63) is 0 Å². The molecule has 0 aromatic carbocycles. The molecule has 0 aromatic heterocycles. The molecule has 3 nitrogen and oxygen atoms in total. The van der Waals surface area contributed by atoms with Gasteiger partial charge in [0, 0.05) is 27.3 Å². The second-order valence-corrected chi connectivity index (χ2v) is 6.47. The van der Waals surface area contributed by atoms with Gasteiger partial charge in [0.25, 0.3) is 6.64 Å². The van der Waals surface area contributed by atoms with Gasteiger partial charge in [0.05, 0.1) is 0 Å². The van der Waals surface area contributed by atoms with Crippen LogP contribution in [0.1, 0.15) is 19.3 Å². The smallest absolute Gasteiger partial charge is 0.263 e. The zero-order chi connectivity index (χ0) is 9.03. The summed E-state index contributed by atoms with van der Waals surface area (Å²) in [5, 5.41) is 0. The van der Waals surface area contributed by atoms with Gasteiger partial charge in [-0.3, -0.25) is 0 Å². The molecule has 0 spiro atoms. The van der Waals surface area contributed by atoms with E-state index in [1.165, 1.54) is 19.3 Å². The molecule has 0 saturated carbocycles. The van der Waals surface area contributed by atoms with Crippen LogP contribution in [0.3, 0.4) is 0 Å². The lowest BCUT2D eigenvalue weighted by molar-refractivity contribution is 0.244. The highest BCUT2D eigenvalue weighted by molar-refractivity contribution is 8.08. The minimum Gasteiger partial charge on any atom is -0.321 e. The van der Waals surface area contributed by atoms with E-state index >= 15 is 0 Å². The summed E-state index contributed by atoms with van der Waals surface area (Å²) in [5.41, 5.74) is 0. The molecule has 0 unspecified atom stereocenters. The Kier molecular flexibility index (Phi) is 4.14. The highest BCUT2D eigenvalue weighted by Crippen LogP contribution is 2.51. The van der Waals surface area contributed by atoms with Crippen LogP contribution in [-0.4, -0.2) is 32.0 Å². The maximum absolute atomic E-state index is 5.32. The third-order valence-corrected chi connectivity index (χ3v) is 5.74. The molecule has 0 aromatic rings. The molecule has 1 heterocycles. The summed E-state index contributed by atoms with van der Waals surface area (Å²) in [6.07, 6.45) is 3.73. The van der Waals surface area contributed by atoms with Crippen LogP contribution in [-0.2, 0) is 20.9 Å². The van der Waals surface area contributed by atoms with Crippen molar-refractivity contribution in [2.45, 2.75) is 19.3 Å². The molecule has 5 heteroatoms. The summed E-state index contributed by atoms with van der Waals surface area (Å²) in [4.78, 5) is 0. The summed E-state index contributed by atoms with van der Waals surface area (Å²) in [6.45, 7) is -0.0364. The van der Waals surface area contributed by atoms with E-state index in [9.17, 15) is 0 Å². The molecule has 0 atom stereocenters. The molecule has 1 aliphatic rings. The van der Waals surface area contributed by atoms with Gasteiger partial charge in [0.1, 0.15) is 0 Å². The molecule has 1 aliphatic heterocycles. The van der Waals surface area contributed by atoms with Gasteiger partial charge in [0.2, 0.25) is 0 Å². The van der Waals surface area contributed by atoms with E-state index in [4.69, 9.17) is 20.9 Å². The van der Waals surface area contributed by atoms with Gasteiger partial charge in [-0.05, 0) is 24.6 Å². The van der Waals surface area contributed by atoms with Crippen molar-refractivity contribution in [1.29, 1.82) is 0 Å². The predicted octanol–water partition coefficient (Wildman–Crippen LogP) is 1.99. The fraction of sp³-hybridized carbons (Fsp3) is 1.00. The number of hydrogen-bond donors (Lipinski definition) is 0. The maximum Gasteiger partial charge on any atom is 0.263 e. The molecule has 0 aliphatic carbocycles. The van der Waals surface area contributed by atoms with Crippen LogP contribution >= 0.6 is 6.64 Å². The largest absolute Gasteiger partial charge is 0.321 e. The van der Waals surface area contributed by atoms with E-state index in [1.54, 1.807) is 14.2 Å². The lowest BCUT2D eigenvalue weighted by Gasteiger charge is -2.34. The first-order valence-electron chi connectivity index (χ1n) is 4.20. The summed E-state index contributed by atoms with van der Waals surface area (Å²) < 4.78 is 12.7. The number of nitrogens with zero attached hydrogens (tertiary/aromatic N) is 1. The van der Waals surface area contributed by atoms with Crippen molar-refractivity contribution >= 4 is 18.4 Å². The Balaban J connectivity index is 2.58. The van der Waals surface area contributed by atoms with E-state index in [0.717, 1.165) is 13.1 Å². The molecular weight excluding hydrogens is 193 g/mol. The molecule has 0 radical (unpaired) electrons. The second-order valence-electron chi connectivity index (χ2n) is 2.85. The van der Waals surface area contributed by atoms with Crippen molar-refractivity contribution in [3.63, 3.8) is 0 Å². The summed E-state index contributed by atoms with van der Waals surface area (Å²) in [7, 11) is 3.28. The molecular formula is C7H16NO2PS. The first kappa shape index (κ1) is 10.6. The maximum atomic E-state index is 5.32. The van der Waals surface area contributed by atoms with Crippen LogP contribution < -0.4 is 0 Å². The summed E-state index contributed by atoms with van der Waals surface area (Å²) in [5.74, 6) is 0. The standard InChI is InChI=1S/C7H16NO2PS/c1-9-11(12,10-2)8-6-4-3-5-7-8/h3-7H2,1-2H3. The highest BCUT2D eigenvalue weighted by Gasteiger charge is 2.26. The average molecular weight is 209 g/mol. The first-order valence-corrected chi connectivity index (χ1v) is 6.79. The van der Waals surface area contributed by atoms with Crippen molar-refractivity contribution in [3.8, 4) is 0 Å². The summed E-state index contributed by atoms with van der Waals surface area (Å²) >= 11 is 5.32. The minimum atomic E-state index is -2.09. The van der Waals surface area contributed by atoms with Gasteiger partial charge in [0.15, 0.2) is 0 Å². The fourth-order valence-corrected chi connectivity index (χ4v) is 3.30. The lowest BCUT2D eigenvalue weighted by Crippen LogP contribution is -2.27. The van der Waals surface area contributed by atoms with Crippen molar-refractivity contribution < 1.29 is 9.05 Å². The van der Waals surface area contributed by atoms with Crippen LogP contribution in [0.4, 0.5) is 0 Å². The van der Waals surface area contributed by atoms with E-state index < -0.39 is 6.64 Å². The number of hydrogen-bond acceptors (Lipinski definition) is 3. The molecule has 12 heavy (non-hydrogen) atoms. The lowest BCUT2D eigenvalue weighted by atomic mass is 10.2. The van der Waals surface area contributed by atoms with Gasteiger partial charge in [-0.15, -0.1) is 0 Å². The van der Waals surface area contributed by atoms with Crippen molar-refractivity contribution in [2.24, 2.45) is 0 Å². The number of piperidine rings is 1. The second kappa shape index (κ2) is 4.68. The van der Waals surface area contributed by atoms with Crippen molar-refractivity contribution in [2.75, 3.05) is 27.3 Å². The summed E-state index contributed by atoms with van der Waals surface area (Å²) in [6, 6.07) is 0. The van der Waals surface area contributed by atoms with Gasteiger partial charge in [-0.25, -0.2) is 4.67 Å². The Morgan fingerprint density at radius 1 is 1.08 bits per heavy atom. The van der Waals surface area contributed by atoms with Crippen LogP contribution in [0.5, 0.6) is 0 Å². The molecule has 1 fully saturated rings. The predicted molar refractivity (Wildman–Crippen MR) is 53.7 cm³/mol. The minimum absolute atomic E-state index is 1.03. The van der Waals surface area contributed by atoms with E-state index in [-0.39, 0.29) is 0 Å². The topological polar surface area (TPSA) is 21.7 Å². The third kappa shape index (κ3) is 2.27. The first-order chi connectivity index (χ1) is 5.73. The highest BCUT2D eigenvalue weighted by atomic mass is 32.5. The van der Waals surface area contributed by atoms with E-state index in [1.807, 2.05) is 0 Å². The Morgan fingerprint density at radius 2 is 1.58 bits per heavy atom. The molecule has 0 bridgehead atoms. The van der Waals surface area contributed by atoms with Crippen LogP contribution in [0.2, 0.25) is 0 Å². The Morgan fingerprint density at radius 3 is 2.00 bits per heavy atom. The van der Waals surface area contributed by atoms with Crippen LogP contribution in [0.15, 0.2) is 0 Å². The molecule has 0 amide bonds. The zero-order valence-electron chi connectivity index (χ0n) is 7.65. The van der Waals surface area contributed by atoms with E-state index in [2.05, 4.69) is 4.67 Å². The van der Waals surface area contributed by atoms with Crippen LogP contribution in [0.25, 0.3) is 0 Å². The molecule has 72 valence electrons. The fourth-order valence-electron chi connectivity index (χ4n) is 1.43. The van der Waals surface area contributed by atoms with Crippen LogP contribution in [0, 0.1) is 0 Å². The van der Waals surface area contributed by atoms with Gasteiger partial charge in [-0.1, -0.05) is 6.42 Å².